The molecule has 0 N–H and O–H groups in total. The molecule has 0 radical (unpaired) electrons. The van der Waals surface area contributed by atoms with Crippen LogP contribution < -0.4 is 4.90 Å². The Bertz CT molecular complexity index is 3950. The van der Waals surface area contributed by atoms with E-state index < -0.39 is 0 Å². The monoisotopic (exact) mass is 887 g/mol. The fourth-order valence-electron chi connectivity index (χ4n) is 10.1. The number of hydrogen-bond acceptors (Lipinski definition) is 3. The van der Waals surface area contributed by atoms with Crippen LogP contribution in [0.15, 0.2) is 249 Å². The highest BCUT2D eigenvalue weighted by atomic mass is 32.1. The Balaban J connectivity index is 1.03. The van der Waals surface area contributed by atoms with Gasteiger partial charge in [0, 0.05) is 51.7 Å². The van der Waals surface area contributed by atoms with Gasteiger partial charge < -0.3 is 4.90 Å². The number of thiophene rings is 2. The van der Waals surface area contributed by atoms with Gasteiger partial charge in [0.2, 0.25) is 0 Å². The average Bonchev–Trinajstić information content (AvgIpc) is 3.98. The highest BCUT2D eigenvalue weighted by Crippen LogP contribution is 2.50. The standard InChI is InChI=1S/C64H41NS2/c1-5-15-42(16-6-1)48-28-34-55-57-41-51(32-38-59(57)66-60(55)39-48)65(50-30-25-46(26-31-50)53-33-27-45-21-13-14-24-52(45)62(53)47-22-11-4-12-23-47)58-37-36-54(44-19-9-3-10-20-44)64-63(58)56-35-29-49(40-61(56)67-64)43-17-7-2-8-18-43/h1-41H. The lowest BCUT2D eigenvalue weighted by atomic mass is 9.89. The molecule has 0 atom stereocenters. The van der Waals surface area contributed by atoms with E-state index in [0.29, 0.717) is 0 Å². The lowest BCUT2D eigenvalue weighted by Gasteiger charge is -2.27. The van der Waals surface area contributed by atoms with E-state index in [0.717, 1.165) is 17.1 Å². The van der Waals surface area contributed by atoms with Crippen LogP contribution in [-0.2, 0) is 0 Å². The number of rotatable bonds is 8. The van der Waals surface area contributed by atoms with Crippen molar-refractivity contribution in [1.29, 1.82) is 0 Å². The van der Waals surface area contributed by atoms with Crippen molar-refractivity contribution in [2.24, 2.45) is 0 Å². The highest BCUT2D eigenvalue weighted by molar-refractivity contribution is 7.26. The summed E-state index contributed by atoms with van der Waals surface area (Å²) in [5, 5.41) is 7.55. The van der Waals surface area contributed by atoms with Crippen LogP contribution in [0.3, 0.4) is 0 Å². The summed E-state index contributed by atoms with van der Waals surface area (Å²) in [6.45, 7) is 0. The number of hydrogen-bond donors (Lipinski definition) is 0. The smallest absolute Gasteiger partial charge is 0.0555 e. The normalized spacial score (nSPS) is 11.6. The molecule has 0 aliphatic rings. The number of anilines is 3. The molecule has 0 saturated carbocycles. The second kappa shape index (κ2) is 16.4. The maximum atomic E-state index is 2.50. The van der Waals surface area contributed by atoms with Gasteiger partial charge in [0.15, 0.2) is 0 Å². The summed E-state index contributed by atoms with van der Waals surface area (Å²) in [4.78, 5) is 2.50. The quantitative estimate of drug-likeness (QED) is 0.147. The van der Waals surface area contributed by atoms with Crippen molar-refractivity contribution >= 4 is 90.9 Å². The van der Waals surface area contributed by atoms with E-state index in [-0.39, 0.29) is 0 Å². The molecule has 2 aromatic heterocycles. The van der Waals surface area contributed by atoms with E-state index in [2.05, 4.69) is 254 Å². The van der Waals surface area contributed by atoms with Gasteiger partial charge in [-0.05, 0) is 115 Å². The van der Waals surface area contributed by atoms with Gasteiger partial charge in [-0.1, -0.05) is 200 Å². The summed E-state index contributed by atoms with van der Waals surface area (Å²) in [7, 11) is 0. The van der Waals surface area contributed by atoms with Crippen molar-refractivity contribution in [1.82, 2.24) is 0 Å². The minimum Gasteiger partial charge on any atom is -0.310 e. The molecule has 67 heavy (non-hydrogen) atoms. The highest BCUT2D eigenvalue weighted by Gasteiger charge is 2.23. The summed E-state index contributed by atoms with van der Waals surface area (Å²) >= 11 is 3.76. The maximum absolute atomic E-state index is 2.50. The fraction of sp³-hybridized carbons (Fsp3) is 0. The third kappa shape index (κ3) is 6.91. The Morgan fingerprint density at radius 3 is 1.51 bits per heavy atom. The molecule has 0 spiro atoms. The summed E-state index contributed by atoms with van der Waals surface area (Å²) in [6, 6.07) is 91.4. The van der Waals surface area contributed by atoms with Gasteiger partial charge in [-0.2, -0.15) is 0 Å². The van der Waals surface area contributed by atoms with Crippen molar-refractivity contribution in [2.45, 2.75) is 0 Å². The lowest BCUT2D eigenvalue weighted by Crippen LogP contribution is -2.10. The Kier molecular flexibility index (Phi) is 9.63. The zero-order chi connectivity index (χ0) is 44.3. The SMILES string of the molecule is c1ccc(-c2ccc3c(c2)sc2ccc(N(c4ccc(-c5ccc6ccccc6c5-c5ccccc5)cc4)c4ccc(-c5ccccc5)c5sc6cc(-c7ccccc7)ccc6c45)cc23)cc1. The molecular formula is C64H41NS2. The van der Waals surface area contributed by atoms with E-state index in [1.165, 1.54) is 107 Å². The van der Waals surface area contributed by atoms with Crippen LogP contribution in [-0.4, -0.2) is 0 Å². The van der Waals surface area contributed by atoms with Gasteiger partial charge in [-0.3, -0.25) is 0 Å². The molecule has 314 valence electrons. The number of fused-ring (bicyclic) bond motifs is 7. The second-order valence-electron chi connectivity index (χ2n) is 17.2. The largest absolute Gasteiger partial charge is 0.310 e. The molecule has 2 heterocycles. The maximum Gasteiger partial charge on any atom is 0.0555 e. The first-order valence-electron chi connectivity index (χ1n) is 22.8. The molecule has 0 amide bonds. The van der Waals surface area contributed by atoms with E-state index in [1.54, 1.807) is 0 Å². The average molecular weight is 888 g/mol. The van der Waals surface area contributed by atoms with Crippen molar-refractivity contribution in [2.75, 3.05) is 4.90 Å². The van der Waals surface area contributed by atoms with Gasteiger partial charge in [0.25, 0.3) is 0 Å². The number of nitrogens with zero attached hydrogens (tertiary/aromatic N) is 1. The first-order valence-corrected chi connectivity index (χ1v) is 24.4. The number of benzene rings is 11. The van der Waals surface area contributed by atoms with Gasteiger partial charge in [0.05, 0.1) is 5.69 Å². The molecule has 1 nitrogen and oxygen atoms in total. The fourth-order valence-corrected chi connectivity index (χ4v) is 12.5. The minimum absolute atomic E-state index is 1.10. The second-order valence-corrected chi connectivity index (χ2v) is 19.3. The molecule has 13 rings (SSSR count). The Morgan fingerprint density at radius 1 is 0.284 bits per heavy atom. The van der Waals surface area contributed by atoms with E-state index >= 15 is 0 Å². The minimum atomic E-state index is 1.10. The van der Waals surface area contributed by atoms with Gasteiger partial charge in [-0.25, -0.2) is 0 Å². The molecule has 0 saturated heterocycles. The zero-order valence-electron chi connectivity index (χ0n) is 36.4. The van der Waals surface area contributed by atoms with Crippen LogP contribution in [0, 0.1) is 0 Å². The van der Waals surface area contributed by atoms with Crippen LogP contribution in [0.2, 0.25) is 0 Å². The topological polar surface area (TPSA) is 3.24 Å². The molecule has 13 aromatic rings. The van der Waals surface area contributed by atoms with Crippen molar-refractivity contribution in [3.63, 3.8) is 0 Å². The zero-order valence-corrected chi connectivity index (χ0v) is 38.1. The van der Waals surface area contributed by atoms with Crippen LogP contribution in [0.1, 0.15) is 0 Å². The molecule has 3 heteroatoms. The Morgan fingerprint density at radius 2 is 0.821 bits per heavy atom. The van der Waals surface area contributed by atoms with Crippen LogP contribution >= 0.6 is 22.7 Å². The summed E-state index contributed by atoms with van der Waals surface area (Å²) in [5.74, 6) is 0. The molecule has 0 bridgehead atoms. The van der Waals surface area contributed by atoms with Crippen LogP contribution in [0.5, 0.6) is 0 Å². The van der Waals surface area contributed by atoms with Gasteiger partial charge in [-0.15, -0.1) is 22.7 Å². The summed E-state index contributed by atoms with van der Waals surface area (Å²) in [5.41, 5.74) is 15.6. The molecule has 0 fully saturated rings. The molecule has 0 unspecified atom stereocenters. The first kappa shape index (κ1) is 39.3. The van der Waals surface area contributed by atoms with E-state index in [9.17, 15) is 0 Å². The molecule has 0 aliphatic heterocycles. The predicted octanol–water partition coefficient (Wildman–Crippen LogP) is 19.4. The van der Waals surface area contributed by atoms with E-state index in [1.807, 2.05) is 22.7 Å². The first-order chi connectivity index (χ1) is 33.2. The van der Waals surface area contributed by atoms with Crippen molar-refractivity contribution in [3.8, 4) is 55.6 Å². The third-order valence-electron chi connectivity index (χ3n) is 13.3. The van der Waals surface area contributed by atoms with Gasteiger partial charge in [0.1, 0.15) is 0 Å². The van der Waals surface area contributed by atoms with Crippen molar-refractivity contribution in [3.05, 3.63) is 249 Å². The molecular weight excluding hydrogens is 847 g/mol. The summed E-state index contributed by atoms with van der Waals surface area (Å²) < 4.78 is 5.13. The van der Waals surface area contributed by atoms with Gasteiger partial charge >= 0.3 is 0 Å². The van der Waals surface area contributed by atoms with Crippen LogP contribution in [0.4, 0.5) is 17.1 Å². The third-order valence-corrected chi connectivity index (χ3v) is 15.6. The Labute approximate surface area is 397 Å². The predicted molar refractivity (Wildman–Crippen MR) is 292 cm³/mol. The van der Waals surface area contributed by atoms with Crippen molar-refractivity contribution < 1.29 is 0 Å². The molecule has 0 aliphatic carbocycles. The molecule has 11 aromatic carbocycles. The summed E-state index contributed by atoms with van der Waals surface area (Å²) in [6.07, 6.45) is 0. The Hall–Kier alpha value is -8.08. The lowest BCUT2D eigenvalue weighted by molar-refractivity contribution is 1.31. The van der Waals surface area contributed by atoms with Crippen LogP contribution in [0.25, 0.3) is 107 Å². The van der Waals surface area contributed by atoms with E-state index in [4.69, 9.17) is 0 Å².